The smallest absolute Gasteiger partial charge is 0.0368 e. The average molecular weight is 246 g/mol. The number of nitrogens with one attached hydrogen (secondary N) is 1. The minimum atomic E-state index is 0.601. The lowest BCUT2D eigenvalue weighted by Crippen LogP contribution is -2.52. The van der Waals surface area contributed by atoms with Crippen LogP contribution >= 0.6 is 0 Å². The zero-order valence-corrected chi connectivity index (χ0v) is 12.1. The maximum Gasteiger partial charge on any atom is 0.0368 e. The van der Waals surface area contributed by atoms with Crippen LogP contribution in [-0.4, -0.2) is 25.7 Å². The van der Waals surface area contributed by atoms with E-state index in [1.165, 1.54) is 17.7 Å². The van der Waals surface area contributed by atoms with E-state index in [-0.39, 0.29) is 0 Å². The molecule has 0 saturated carbocycles. The van der Waals surface area contributed by atoms with Crippen molar-refractivity contribution in [2.75, 3.05) is 18.5 Å². The molecule has 3 atom stereocenters. The molecule has 0 spiro atoms. The predicted octanol–water partition coefficient (Wildman–Crippen LogP) is 3.07. The van der Waals surface area contributed by atoms with Crippen LogP contribution in [0.1, 0.15) is 32.8 Å². The zero-order chi connectivity index (χ0) is 13.1. The number of rotatable bonds is 3. The van der Waals surface area contributed by atoms with E-state index in [0.29, 0.717) is 18.0 Å². The van der Waals surface area contributed by atoms with E-state index < -0.39 is 0 Å². The topological polar surface area (TPSA) is 15.3 Å². The van der Waals surface area contributed by atoms with E-state index in [4.69, 9.17) is 0 Å². The van der Waals surface area contributed by atoms with Gasteiger partial charge in [-0.2, -0.15) is 0 Å². The predicted molar refractivity (Wildman–Crippen MR) is 79.3 cm³/mol. The number of hydrogen-bond donors (Lipinski definition) is 1. The maximum atomic E-state index is 3.45. The first-order valence-corrected chi connectivity index (χ1v) is 7.20. The van der Waals surface area contributed by atoms with Crippen molar-refractivity contribution < 1.29 is 0 Å². The van der Waals surface area contributed by atoms with E-state index in [9.17, 15) is 0 Å². The van der Waals surface area contributed by atoms with Crippen molar-refractivity contribution in [3.05, 3.63) is 29.8 Å². The van der Waals surface area contributed by atoms with Gasteiger partial charge in [-0.25, -0.2) is 0 Å². The second kappa shape index (κ2) is 5.75. The molecule has 0 radical (unpaired) electrons. The Kier molecular flexibility index (Phi) is 4.28. The van der Waals surface area contributed by atoms with Gasteiger partial charge in [0, 0.05) is 24.3 Å². The first-order chi connectivity index (χ1) is 8.67. The molecule has 0 aliphatic carbocycles. The Balaban J connectivity index is 2.13. The summed E-state index contributed by atoms with van der Waals surface area (Å²) < 4.78 is 0. The number of piperidine rings is 1. The molecule has 2 rings (SSSR count). The summed E-state index contributed by atoms with van der Waals surface area (Å²) >= 11 is 0. The molecule has 0 aromatic heterocycles. The Labute approximate surface area is 111 Å². The van der Waals surface area contributed by atoms with Crippen molar-refractivity contribution in [1.82, 2.24) is 5.32 Å². The normalized spacial score (nSPS) is 28.4. The molecule has 3 unspecified atom stereocenters. The molecule has 1 aromatic carbocycles. The first kappa shape index (κ1) is 13.4. The Morgan fingerprint density at radius 2 is 1.89 bits per heavy atom. The lowest BCUT2D eigenvalue weighted by Gasteiger charge is -2.44. The number of hydrogen-bond acceptors (Lipinski definition) is 2. The average Bonchev–Trinajstić information content (AvgIpc) is 2.42. The highest BCUT2D eigenvalue weighted by atomic mass is 15.2. The molecule has 2 heteroatoms. The van der Waals surface area contributed by atoms with E-state index in [1.54, 1.807) is 0 Å². The van der Waals surface area contributed by atoms with Crippen LogP contribution in [0.25, 0.3) is 0 Å². The lowest BCUT2D eigenvalue weighted by molar-refractivity contribution is 0.283. The molecule has 0 amide bonds. The highest BCUT2D eigenvalue weighted by Crippen LogP contribution is 2.28. The SMILES string of the molecule is CCc1ccc(N2CCC(NC)C(C)C2C)cc1. The van der Waals surface area contributed by atoms with Gasteiger partial charge < -0.3 is 10.2 Å². The highest BCUT2D eigenvalue weighted by molar-refractivity contribution is 5.49. The molecular formula is C16H26N2. The van der Waals surface area contributed by atoms with Gasteiger partial charge in [-0.1, -0.05) is 26.0 Å². The van der Waals surface area contributed by atoms with Gasteiger partial charge in [-0.15, -0.1) is 0 Å². The summed E-state index contributed by atoms with van der Waals surface area (Å²) in [5.41, 5.74) is 2.80. The van der Waals surface area contributed by atoms with Gasteiger partial charge in [0.25, 0.3) is 0 Å². The van der Waals surface area contributed by atoms with Gasteiger partial charge in [0.1, 0.15) is 0 Å². The largest absolute Gasteiger partial charge is 0.368 e. The van der Waals surface area contributed by atoms with Crippen LogP contribution < -0.4 is 10.2 Å². The van der Waals surface area contributed by atoms with Crippen molar-refractivity contribution in [3.63, 3.8) is 0 Å². The van der Waals surface area contributed by atoms with Crippen molar-refractivity contribution in [1.29, 1.82) is 0 Å². The molecule has 0 bridgehead atoms. The number of nitrogens with zero attached hydrogens (tertiary/aromatic N) is 1. The van der Waals surface area contributed by atoms with E-state index in [0.717, 1.165) is 13.0 Å². The summed E-state index contributed by atoms with van der Waals surface area (Å²) in [6, 6.07) is 10.3. The second-order valence-electron chi connectivity index (χ2n) is 5.50. The second-order valence-corrected chi connectivity index (χ2v) is 5.50. The van der Waals surface area contributed by atoms with Gasteiger partial charge >= 0.3 is 0 Å². The Morgan fingerprint density at radius 1 is 1.22 bits per heavy atom. The van der Waals surface area contributed by atoms with Crippen LogP contribution in [0.15, 0.2) is 24.3 Å². The molecule has 2 nitrogen and oxygen atoms in total. The van der Waals surface area contributed by atoms with Crippen LogP contribution in [-0.2, 0) is 6.42 Å². The quantitative estimate of drug-likeness (QED) is 0.882. The molecule has 1 N–H and O–H groups in total. The van der Waals surface area contributed by atoms with Gasteiger partial charge in [0.15, 0.2) is 0 Å². The molecule has 1 aromatic rings. The third-order valence-electron chi connectivity index (χ3n) is 4.62. The lowest BCUT2D eigenvalue weighted by atomic mass is 9.86. The van der Waals surface area contributed by atoms with Gasteiger partial charge in [-0.05, 0) is 50.4 Å². The van der Waals surface area contributed by atoms with Crippen molar-refractivity contribution in [2.45, 2.75) is 45.7 Å². The molecule has 1 aliphatic heterocycles. The Hall–Kier alpha value is -1.02. The third-order valence-corrected chi connectivity index (χ3v) is 4.62. The minimum absolute atomic E-state index is 0.601. The minimum Gasteiger partial charge on any atom is -0.368 e. The molecule has 1 fully saturated rings. The maximum absolute atomic E-state index is 3.45. The fraction of sp³-hybridized carbons (Fsp3) is 0.625. The van der Waals surface area contributed by atoms with Crippen LogP contribution in [0, 0.1) is 5.92 Å². The Bertz CT molecular complexity index is 371. The fourth-order valence-corrected chi connectivity index (χ4v) is 3.06. The molecule has 1 saturated heterocycles. The van der Waals surface area contributed by atoms with Crippen LogP contribution in [0.2, 0.25) is 0 Å². The van der Waals surface area contributed by atoms with Gasteiger partial charge in [-0.3, -0.25) is 0 Å². The zero-order valence-electron chi connectivity index (χ0n) is 12.1. The van der Waals surface area contributed by atoms with Crippen LogP contribution in [0.3, 0.4) is 0 Å². The van der Waals surface area contributed by atoms with Crippen LogP contribution in [0.4, 0.5) is 5.69 Å². The van der Waals surface area contributed by atoms with Gasteiger partial charge in [0.2, 0.25) is 0 Å². The summed E-state index contributed by atoms with van der Waals surface area (Å²) in [6.07, 6.45) is 2.35. The van der Waals surface area contributed by atoms with Crippen molar-refractivity contribution in [2.24, 2.45) is 5.92 Å². The van der Waals surface area contributed by atoms with Crippen molar-refractivity contribution in [3.8, 4) is 0 Å². The number of anilines is 1. The molecule has 1 aliphatic rings. The summed E-state index contributed by atoms with van der Waals surface area (Å²) in [5.74, 6) is 0.689. The third kappa shape index (κ3) is 2.54. The summed E-state index contributed by atoms with van der Waals surface area (Å²) in [5, 5.41) is 3.45. The van der Waals surface area contributed by atoms with E-state index in [1.807, 2.05) is 0 Å². The summed E-state index contributed by atoms with van der Waals surface area (Å²) in [6.45, 7) is 8.07. The molecule has 18 heavy (non-hydrogen) atoms. The monoisotopic (exact) mass is 246 g/mol. The number of aryl methyl sites for hydroxylation is 1. The number of benzene rings is 1. The van der Waals surface area contributed by atoms with Crippen LogP contribution in [0.5, 0.6) is 0 Å². The molecular weight excluding hydrogens is 220 g/mol. The van der Waals surface area contributed by atoms with E-state index >= 15 is 0 Å². The van der Waals surface area contributed by atoms with Gasteiger partial charge in [0.05, 0.1) is 0 Å². The highest BCUT2D eigenvalue weighted by Gasteiger charge is 2.31. The Morgan fingerprint density at radius 3 is 2.44 bits per heavy atom. The fourth-order valence-electron chi connectivity index (χ4n) is 3.06. The standard InChI is InChI=1S/C16H26N2/c1-5-14-6-8-15(9-7-14)18-11-10-16(17-4)12(2)13(18)3/h6-9,12-13,16-17H,5,10-11H2,1-4H3. The summed E-state index contributed by atoms with van der Waals surface area (Å²) in [7, 11) is 2.08. The summed E-state index contributed by atoms with van der Waals surface area (Å²) in [4.78, 5) is 2.55. The first-order valence-electron chi connectivity index (χ1n) is 7.20. The van der Waals surface area contributed by atoms with E-state index in [2.05, 4.69) is 62.3 Å². The molecule has 1 heterocycles. The molecule has 100 valence electrons. The van der Waals surface area contributed by atoms with Crippen molar-refractivity contribution >= 4 is 5.69 Å².